The Morgan fingerprint density at radius 1 is 1.07 bits per heavy atom. The van der Waals surface area contributed by atoms with Crippen LogP contribution in [-0.2, 0) is 6.54 Å². The van der Waals surface area contributed by atoms with E-state index in [4.69, 9.17) is 9.47 Å². The molecule has 0 amide bonds. The summed E-state index contributed by atoms with van der Waals surface area (Å²) in [6.45, 7) is 3.35. The normalized spacial score (nSPS) is 11.9. The van der Waals surface area contributed by atoms with E-state index < -0.39 is 0 Å². The molecule has 0 saturated carbocycles. The van der Waals surface area contributed by atoms with Gasteiger partial charge < -0.3 is 20.1 Å². The number of hydrogen-bond acceptors (Lipinski definition) is 4. The number of halogens is 1. The SMILES string of the molecule is CN=C(NCc1ccc(SC)cc1)NCC(C)Oc1ccccc1OC.I. The number of rotatable bonds is 8. The quantitative estimate of drug-likeness (QED) is 0.246. The lowest BCUT2D eigenvalue weighted by Crippen LogP contribution is -2.41. The van der Waals surface area contributed by atoms with Gasteiger partial charge in [0.05, 0.1) is 13.7 Å². The molecule has 0 radical (unpaired) electrons. The zero-order valence-electron chi connectivity index (χ0n) is 16.2. The summed E-state index contributed by atoms with van der Waals surface area (Å²) < 4.78 is 11.3. The third-order valence-electron chi connectivity index (χ3n) is 3.80. The molecular formula is C20H28IN3O2S. The zero-order chi connectivity index (χ0) is 18.8. The fraction of sp³-hybridized carbons (Fsp3) is 0.350. The zero-order valence-corrected chi connectivity index (χ0v) is 19.3. The third-order valence-corrected chi connectivity index (χ3v) is 4.54. The summed E-state index contributed by atoms with van der Waals surface area (Å²) in [7, 11) is 3.40. The number of benzene rings is 2. The summed E-state index contributed by atoms with van der Waals surface area (Å²) in [4.78, 5) is 5.52. The van der Waals surface area contributed by atoms with E-state index in [-0.39, 0.29) is 30.1 Å². The Morgan fingerprint density at radius 2 is 1.74 bits per heavy atom. The molecule has 0 saturated heterocycles. The average Bonchev–Trinajstić information content (AvgIpc) is 2.69. The number of nitrogens with one attached hydrogen (secondary N) is 2. The molecule has 2 N–H and O–H groups in total. The highest BCUT2D eigenvalue weighted by atomic mass is 127. The number of hydrogen-bond donors (Lipinski definition) is 2. The van der Waals surface area contributed by atoms with Crippen molar-refractivity contribution in [3.8, 4) is 11.5 Å². The molecule has 1 atom stereocenters. The highest BCUT2D eigenvalue weighted by Gasteiger charge is 2.09. The van der Waals surface area contributed by atoms with E-state index in [0.29, 0.717) is 6.54 Å². The summed E-state index contributed by atoms with van der Waals surface area (Å²) >= 11 is 1.74. The van der Waals surface area contributed by atoms with Crippen molar-refractivity contribution in [1.82, 2.24) is 10.6 Å². The topological polar surface area (TPSA) is 54.9 Å². The number of ether oxygens (including phenoxy) is 2. The number of guanidine groups is 1. The Balaban J connectivity index is 0.00000364. The van der Waals surface area contributed by atoms with E-state index in [0.717, 1.165) is 24.0 Å². The maximum absolute atomic E-state index is 5.95. The predicted molar refractivity (Wildman–Crippen MR) is 125 cm³/mol. The van der Waals surface area contributed by atoms with Crippen molar-refractivity contribution in [2.45, 2.75) is 24.5 Å². The van der Waals surface area contributed by atoms with Crippen molar-refractivity contribution in [3.05, 3.63) is 54.1 Å². The van der Waals surface area contributed by atoms with E-state index in [1.807, 2.05) is 31.2 Å². The van der Waals surface area contributed by atoms with Gasteiger partial charge in [-0.05, 0) is 43.0 Å². The summed E-state index contributed by atoms with van der Waals surface area (Å²) in [5, 5.41) is 6.61. The Bertz CT molecular complexity index is 711. The lowest BCUT2D eigenvalue weighted by molar-refractivity contribution is 0.213. The van der Waals surface area contributed by atoms with Crippen molar-refractivity contribution in [1.29, 1.82) is 0 Å². The van der Waals surface area contributed by atoms with Crippen molar-refractivity contribution in [2.24, 2.45) is 4.99 Å². The van der Waals surface area contributed by atoms with Crippen molar-refractivity contribution in [3.63, 3.8) is 0 Å². The van der Waals surface area contributed by atoms with Crippen molar-refractivity contribution < 1.29 is 9.47 Å². The Morgan fingerprint density at radius 3 is 2.33 bits per heavy atom. The minimum atomic E-state index is -0.0364. The van der Waals surface area contributed by atoms with Gasteiger partial charge in [0.2, 0.25) is 0 Å². The van der Waals surface area contributed by atoms with Crippen molar-refractivity contribution >= 4 is 41.7 Å². The molecule has 7 heteroatoms. The minimum Gasteiger partial charge on any atom is -0.493 e. The number of nitrogens with zero attached hydrogens (tertiary/aromatic N) is 1. The first-order valence-electron chi connectivity index (χ1n) is 8.53. The Kier molecular flexibility index (Phi) is 11.0. The lowest BCUT2D eigenvalue weighted by atomic mass is 10.2. The highest BCUT2D eigenvalue weighted by Crippen LogP contribution is 2.26. The van der Waals surface area contributed by atoms with Gasteiger partial charge in [0.25, 0.3) is 0 Å². The second-order valence-electron chi connectivity index (χ2n) is 5.73. The minimum absolute atomic E-state index is 0. The van der Waals surface area contributed by atoms with Gasteiger partial charge in [0.15, 0.2) is 17.5 Å². The largest absolute Gasteiger partial charge is 0.493 e. The molecule has 27 heavy (non-hydrogen) atoms. The number of aliphatic imine (C=N–C) groups is 1. The number of para-hydroxylation sites is 2. The first kappa shape index (κ1) is 23.4. The van der Waals surface area contributed by atoms with Gasteiger partial charge in [-0.15, -0.1) is 35.7 Å². The maximum Gasteiger partial charge on any atom is 0.191 e. The fourth-order valence-electron chi connectivity index (χ4n) is 2.36. The van der Waals surface area contributed by atoms with Gasteiger partial charge in [0.1, 0.15) is 6.10 Å². The average molecular weight is 501 g/mol. The molecule has 0 aliphatic carbocycles. The van der Waals surface area contributed by atoms with E-state index >= 15 is 0 Å². The molecule has 0 fully saturated rings. The molecule has 0 aliphatic rings. The third kappa shape index (κ3) is 7.88. The summed E-state index contributed by atoms with van der Waals surface area (Å²) in [6, 6.07) is 16.1. The van der Waals surface area contributed by atoms with Gasteiger partial charge in [-0.2, -0.15) is 0 Å². The molecular weight excluding hydrogens is 473 g/mol. The van der Waals surface area contributed by atoms with E-state index in [2.05, 4.69) is 46.1 Å². The number of methoxy groups -OCH3 is 1. The Hall–Kier alpha value is -1.61. The van der Waals surface area contributed by atoms with Crippen molar-refractivity contribution in [2.75, 3.05) is 27.0 Å². The van der Waals surface area contributed by atoms with Crippen LogP contribution < -0.4 is 20.1 Å². The van der Waals surface area contributed by atoms with Crippen LogP contribution in [-0.4, -0.2) is 39.0 Å². The fourth-order valence-corrected chi connectivity index (χ4v) is 2.77. The summed E-state index contributed by atoms with van der Waals surface area (Å²) in [5.74, 6) is 2.21. The molecule has 0 spiro atoms. The first-order chi connectivity index (χ1) is 12.7. The second-order valence-corrected chi connectivity index (χ2v) is 6.61. The molecule has 1 unspecified atom stereocenters. The molecule has 2 aromatic carbocycles. The van der Waals surface area contributed by atoms with Crippen LogP contribution in [0.3, 0.4) is 0 Å². The monoisotopic (exact) mass is 501 g/mol. The van der Waals surface area contributed by atoms with E-state index in [1.54, 1.807) is 25.9 Å². The van der Waals surface area contributed by atoms with Crippen LogP contribution in [0.25, 0.3) is 0 Å². The highest BCUT2D eigenvalue weighted by molar-refractivity contribution is 14.0. The van der Waals surface area contributed by atoms with Crippen LogP contribution in [0, 0.1) is 0 Å². The maximum atomic E-state index is 5.95. The van der Waals surface area contributed by atoms with Crippen LogP contribution in [0.15, 0.2) is 58.4 Å². The molecule has 0 aliphatic heterocycles. The van der Waals surface area contributed by atoms with Gasteiger partial charge >= 0.3 is 0 Å². The van der Waals surface area contributed by atoms with E-state index in [1.165, 1.54) is 10.5 Å². The van der Waals surface area contributed by atoms with Crippen LogP contribution in [0.2, 0.25) is 0 Å². The predicted octanol–water partition coefficient (Wildman–Crippen LogP) is 4.17. The molecule has 0 heterocycles. The smallest absolute Gasteiger partial charge is 0.191 e. The van der Waals surface area contributed by atoms with E-state index in [9.17, 15) is 0 Å². The molecule has 148 valence electrons. The molecule has 2 rings (SSSR count). The van der Waals surface area contributed by atoms with Gasteiger partial charge in [0, 0.05) is 18.5 Å². The standard InChI is InChI=1S/C20H27N3O2S.HI/c1-15(25-19-8-6-5-7-18(19)24-3)13-22-20(21-2)23-14-16-9-11-17(26-4)12-10-16;/h5-12,15H,13-14H2,1-4H3,(H2,21,22,23);1H. The van der Waals surface area contributed by atoms with Crippen LogP contribution in [0.5, 0.6) is 11.5 Å². The molecule has 0 aromatic heterocycles. The first-order valence-corrected chi connectivity index (χ1v) is 9.76. The Labute approximate surface area is 183 Å². The lowest BCUT2D eigenvalue weighted by Gasteiger charge is -2.19. The van der Waals surface area contributed by atoms with Gasteiger partial charge in [-0.1, -0.05) is 24.3 Å². The summed E-state index contributed by atoms with van der Waals surface area (Å²) in [6.07, 6.45) is 2.04. The molecule has 5 nitrogen and oxygen atoms in total. The summed E-state index contributed by atoms with van der Waals surface area (Å²) in [5.41, 5.74) is 1.21. The van der Waals surface area contributed by atoms with Crippen LogP contribution in [0.1, 0.15) is 12.5 Å². The van der Waals surface area contributed by atoms with Gasteiger partial charge in [-0.3, -0.25) is 4.99 Å². The van der Waals surface area contributed by atoms with Crippen LogP contribution in [0.4, 0.5) is 0 Å². The molecule has 2 aromatic rings. The molecule has 0 bridgehead atoms. The van der Waals surface area contributed by atoms with Gasteiger partial charge in [-0.25, -0.2) is 0 Å². The van der Waals surface area contributed by atoms with Crippen LogP contribution >= 0.6 is 35.7 Å². The number of thioether (sulfide) groups is 1. The second kappa shape index (κ2) is 12.7.